The molecule has 1 aromatic carbocycles. The topological polar surface area (TPSA) is 83.2 Å². The van der Waals surface area contributed by atoms with Gasteiger partial charge < -0.3 is 20.9 Å². The predicted molar refractivity (Wildman–Crippen MR) is 115 cm³/mol. The lowest BCUT2D eigenvalue weighted by atomic mass is 10.2. The maximum absolute atomic E-state index is 6.38. The molecule has 144 valence electrons. The molecule has 0 saturated carbocycles. The van der Waals surface area contributed by atoms with Gasteiger partial charge >= 0.3 is 0 Å². The van der Waals surface area contributed by atoms with Crippen molar-refractivity contribution in [1.82, 2.24) is 15.0 Å². The molecule has 0 aliphatic carbocycles. The van der Waals surface area contributed by atoms with E-state index >= 15 is 0 Å². The fourth-order valence-electron chi connectivity index (χ4n) is 3.32. The van der Waals surface area contributed by atoms with Crippen molar-refractivity contribution in [2.75, 3.05) is 47.0 Å². The standard InChI is InChI=1S/C20H22ClN7/c1-14-4-2-7-17(25-14)26-19-18(22)20(24-13-23-19)28-10-8-27(9-11-28)16-6-3-5-15(21)12-16/h2-7,12-13H,8-11,22H2,1H3,(H,23,24,25,26). The van der Waals surface area contributed by atoms with Crippen LogP contribution in [0.2, 0.25) is 5.02 Å². The van der Waals surface area contributed by atoms with Crippen molar-refractivity contribution in [3.05, 3.63) is 59.5 Å². The van der Waals surface area contributed by atoms with Crippen molar-refractivity contribution in [1.29, 1.82) is 0 Å². The van der Waals surface area contributed by atoms with E-state index in [0.29, 0.717) is 17.3 Å². The van der Waals surface area contributed by atoms with Crippen LogP contribution in [-0.4, -0.2) is 41.1 Å². The van der Waals surface area contributed by atoms with Gasteiger partial charge in [0.2, 0.25) is 0 Å². The Morgan fingerprint density at radius 1 is 1.00 bits per heavy atom. The Kier molecular flexibility index (Phi) is 5.16. The Morgan fingerprint density at radius 3 is 2.50 bits per heavy atom. The monoisotopic (exact) mass is 395 g/mol. The second-order valence-corrected chi connectivity index (χ2v) is 7.14. The Morgan fingerprint density at radius 2 is 1.75 bits per heavy atom. The molecular weight excluding hydrogens is 374 g/mol. The molecule has 2 aromatic heterocycles. The predicted octanol–water partition coefficient (Wildman–Crippen LogP) is 3.49. The van der Waals surface area contributed by atoms with Crippen LogP contribution in [0.25, 0.3) is 0 Å². The van der Waals surface area contributed by atoms with E-state index in [1.54, 1.807) is 0 Å². The molecule has 0 spiro atoms. The molecule has 0 bridgehead atoms. The lowest BCUT2D eigenvalue weighted by Gasteiger charge is -2.37. The summed E-state index contributed by atoms with van der Waals surface area (Å²) < 4.78 is 0. The van der Waals surface area contributed by atoms with E-state index in [1.807, 2.05) is 43.3 Å². The molecule has 0 radical (unpaired) electrons. The fourth-order valence-corrected chi connectivity index (χ4v) is 3.51. The summed E-state index contributed by atoms with van der Waals surface area (Å²) in [6, 6.07) is 13.7. The Hall–Kier alpha value is -3.06. The average Bonchev–Trinajstić information content (AvgIpc) is 2.70. The molecule has 3 aromatic rings. The normalized spacial score (nSPS) is 14.2. The van der Waals surface area contributed by atoms with E-state index in [1.165, 1.54) is 6.33 Å². The summed E-state index contributed by atoms with van der Waals surface area (Å²) in [5, 5.41) is 3.94. The van der Waals surface area contributed by atoms with Gasteiger partial charge in [-0.2, -0.15) is 0 Å². The lowest BCUT2D eigenvalue weighted by molar-refractivity contribution is 0.647. The smallest absolute Gasteiger partial charge is 0.160 e. The summed E-state index contributed by atoms with van der Waals surface area (Å²) >= 11 is 6.12. The van der Waals surface area contributed by atoms with Gasteiger partial charge in [-0.25, -0.2) is 15.0 Å². The first-order chi connectivity index (χ1) is 13.6. The number of aryl methyl sites for hydroxylation is 1. The molecule has 28 heavy (non-hydrogen) atoms. The third-order valence-corrected chi connectivity index (χ3v) is 4.99. The zero-order valence-electron chi connectivity index (χ0n) is 15.6. The van der Waals surface area contributed by atoms with Crippen molar-refractivity contribution >= 4 is 40.4 Å². The molecule has 1 saturated heterocycles. The Labute approximate surface area is 169 Å². The van der Waals surface area contributed by atoms with E-state index in [9.17, 15) is 0 Å². The van der Waals surface area contributed by atoms with Gasteiger partial charge in [0.05, 0.1) is 0 Å². The molecular formula is C20H22ClN7. The molecule has 0 unspecified atom stereocenters. The SMILES string of the molecule is Cc1cccc(Nc2ncnc(N3CCN(c4cccc(Cl)c4)CC3)c2N)n1. The van der Waals surface area contributed by atoms with E-state index in [0.717, 1.165) is 48.4 Å². The van der Waals surface area contributed by atoms with E-state index in [2.05, 4.69) is 36.1 Å². The maximum Gasteiger partial charge on any atom is 0.160 e. The van der Waals surface area contributed by atoms with Crippen LogP contribution >= 0.6 is 11.6 Å². The molecule has 0 atom stereocenters. The van der Waals surface area contributed by atoms with E-state index in [4.69, 9.17) is 17.3 Å². The van der Waals surface area contributed by atoms with Gasteiger partial charge in [0, 0.05) is 42.6 Å². The highest BCUT2D eigenvalue weighted by atomic mass is 35.5. The van der Waals surface area contributed by atoms with Crippen molar-refractivity contribution in [3.8, 4) is 0 Å². The lowest BCUT2D eigenvalue weighted by Crippen LogP contribution is -2.47. The number of nitrogens with one attached hydrogen (secondary N) is 1. The van der Waals surface area contributed by atoms with Gasteiger partial charge in [0.1, 0.15) is 17.8 Å². The van der Waals surface area contributed by atoms with Crippen LogP contribution in [0.1, 0.15) is 5.69 Å². The number of hydrogen-bond acceptors (Lipinski definition) is 7. The number of pyridine rings is 1. The van der Waals surface area contributed by atoms with Crippen LogP contribution in [0.4, 0.5) is 28.8 Å². The largest absolute Gasteiger partial charge is 0.393 e. The molecule has 1 aliphatic rings. The highest BCUT2D eigenvalue weighted by Crippen LogP contribution is 2.29. The summed E-state index contributed by atoms with van der Waals surface area (Å²) in [7, 11) is 0. The molecule has 1 aliphatic heterocycles. The minimum absolute atomic E-state index is 0.530. The van der Waals surface area contributed by atoms with Crippen molar-refractivity contribution in [2.45, 2.75) is 6.92 Å². The second-order valence-electron chi connectivity index (χ2n) is 6.70. The number of hydrogen-bond donors (Lipinski definition) is 2. The summed E-state index contributed by atoms with van der Waals surface area (Å²) in [5.41, 5.74) is 8.97. The Bertz CT molecular complexity index is 970. The van der Waals surface area contributed by atoms with Gasteiger partial charge in [0.15, 0.2) is 11.6 Å². The fraction of sp³-hybridized carbons (Fsp3) is 0.250. The molecule has 3 heterocycles. The summed E-state index contributed by atoms with van der Waals surface area (Å²) in [5.74, 6) is 2.03. The van der Waals surface area contributed by atoms with Crippen LogP contribution in [0.5, 0.6) is 0 Å². The third-order valence-electron chi connectivity index (χ3n) is 4.75. The van der Waals surface area contributed by atoms with Crippen molar-refractivity contribution in [3.63, 3.8) is 0 Å². The highest BCUT2D eigenvalue weighted by Gasteiger charge is 2.21. The van der Waals surface area contributed by atoms with Crippen LogP contribution in [0.15, 0.2) is 48.8 Å². The maximum atomic E-state index is 6.38. The number of rotatable bonds is 4. The first-order valence-electron chi connectivity index (χ1n) is 9.17. The quantitative estimate of drug-likeness (QED) is 0.699. The van der Waals surface area contributed by atoms with Gasteiger partial charge in [-0.3, -0.25) is 0 Å². The molecule has 0 amide bonds. The van der Waals surface area contributed by atoms with Crippen molar-refractivity contribution in [2.24, 2.45) is 0 Å². The third kappa shape index (κ3) is 3.94. The highest BCUT2D eigenvalue weighted by molar-refractivity contribution is 6.30. The summed E-state index contributed by atoms with van der Waals surface area (Å²) in [6.07, 6.45) is 1.53. The number of halogens is 1. The molecule has 7 nitrogen and oxygen atoms in total. The minimum atomic E-state index is 0.530. The van der Waals surface area contributed by atoms with E-state index < -0.39 is 0 Å². The minimum Gasteiger partial charge on any atom is -0.393 e. The van der Waals surface area contributed by atoms with Crippen LogP contribution in [0.3, 0.4) is 0 Å². The first kappa shape index (κ1) is 18.3. The average molecular weight is 396 g/mol. The summed E-state index contributed by atoms with van der Waals surface area (Å²) in [6.45, 7) is 5.31. The van der Waals surface area contributed by atoms with Crippen LogP contribution in [-0.2, 0) is 0 Å². The number of nitrogen functional groups attached to an aromatic ring is 1. The number of nitrogens with zero attached hydrogens (tertiary/aromatic N) is 5. The van der Waals surface area contributed by atoms with Crippen molar-refractivity contribution < 1.29 is 0 Å². The zero-order valence-corrected chi connectivity index (χ0v) is 16.4. The molecule has 1 fully saturated rings. The summed E-state index contributed by atoms with van der Waals surface area (Å²) in [4.78, 5) is 17.7. The number of nitrogens with two attached hydrogens (primary N) is 1. The molecule has 4 rings (SSSR count). The first-order valence-corrected chi connectivity index (χ1v) is 9.54. The number of aromatic nitrogens is 3. The van der Waals surface area contributed by atoms with E-state index in [-0.39, 0.29) is 0 Å². The zero-order chi connectivity index (χ0) is 19.5. The van der Waals surface area contributed by atoms with Gasteiger partial charge in [0.25, 0.3) is 0 Å². The second kappa shape index (κ2) is 7.90. The number of anilines is 5. The van der Waals surface area contributed by atoms with Gasteiger partial charge in [-0.1, -0.05) is 23.7 Å². The van der Waals surface area contributed by atoms with Gasteiger partial charge in [-0.05, 0) is 37.3 Å². The van der Waals surface area contributed by atoms with Gasteiger partial charge in [-0.15, -0.1) is 0 Å². The molecule has 8 heteroatoms. The number of piperazine rings is 1. The Balaban J connectivity index is 1.48. The number of benzene rings is 1. The van der Waals surface area contributed by atoms with Crippen LogP contribution in [0, 0.1) is 6.92 Å². The molecule has 3 N–H and O–H groups in total. The van der Waals surface area contributed by atoms with Crippen LogP contribution < -0.4 is 20.9 Å².